The van der Waals surface area contributed by atoms with E-state index in [2.05, 4.69) is 88.3 Å². The number of likely N-dealkylation sites (tertiary alicyclic amines) is 1. The number of carbonyl (C=O) groups excluding carboxylic acids is 4. The number of aryl methyl sites for hydroxylation is 2. The number of anilines is 6. The highest BCUT2D eigenvalue weighted by atomic mass is 35.5. The number of halogens is 1. The lowest BCUT2D eigenvalue weighted by Crippen LogP contribution is -2.31. The third kappa shape index (κ3) is 16.1. The zero-order chi connectivity index (χ0) is 63.5. The Kier molecular flexibility index (Phi) is 19.5. The van der Waals surface area contributed by atoms with Gasteiger partial charge in [-0.05, 0) is 124 Å². The van der Waals surface area contributed by atoms with Gasteiger partial charge in [0.1, 0.15) is 53.9 Å². The maximum Gasteiger partial charge on any atom is 0.324 e. The van der Waals surface area contributed by atoms with Crippen molar-refractivity contribution in [1.29, 1.82) is 0 Å². The molecule has 0 radical (unpaired) electrons. The number of hydrogen-bond acceptors (Lipinski definition) is 11. The number of alkyl halides is 1. The predicted molar refractivity (Wildman–Crippen MR) is 358 cm³/mol. The normalized spacial score (nSPS) is 12.4. The van der Waals surface area contributed by atoms with Crippen LogP contribution in [0.5, 0.6) is 11.5 Å². The van der Waals surface area contributed by atoms with Crippen molar-refractivity contribution in [2.45, 2.75) is 92.3 Å². The molecule has 90 heavy (non-hydrogen) atoms. The highest BCUT2D eigenvalue weighted by Gasteiger charge is 2.24. The minimum Gasteiger partial charge on any atom is -0.488 e. The van der Waals surface area contributed by atoms with Crippen molar-refractivity contribution in [3.8, 4) is 22.9 Å². The first-order valence-electron chi connectivity index (χ1n) is 29.8. The second-order valence-corrected chi connectivity index (χ2v) is 24.5. The van der Waals surface area contributed by atoms with Gasteiger partial charge in [0, 0.05) is 56.9 Å². The Morgan fingerprint density at radius 1 is 0.489 bits per heavy atom. The zero-order valence-corrected chi connectivity index (χ0v) is 52.5. The van der Waals surface area contributed by atoms with E-state index in [0.717, 1.165) is 92.5 Å². The standard InChI is InChI=1S/C37H41N7O3.C33H33ClN6O3/c1-25-11-13-27(14-12-25)44-34(22-32(42-44)37(2,3)4)41-36(46)39-30-15-16-31(29-10-6-5-9-28(29)30)47-24-26-17-18-38-33(21-26)40-35(45)23-43-19-7-8-20-43;1-21-9-11-23(12-10-21)40-30(18-28(39-40)33(2,3)4)38-32(42)36-26-13-14-27(25-8-6-5-7-24(25)26)43-20-22-15-16-35-29(17-22)37-31(41)19-34/h5-6,9-18,21-22H,7-8,19-20,23-24H2,1-4H3,(H,38,40,45)(H2,39,41,46);5-18H,19-20H2,1-4H3,(H,35,37,41)(H2,36,38,42). The van der Waals surface area contributed by atoms with E-state index < -0.39 is 6.03 Å². The first-order valence-corrected chi connectivity index (χ1v) is 30.3. The zero-order valence-electron chi connectivity index (χ0n) is 51.8. The Balaban J connectivity index is 0.000000199. The second kappa shape index (κ2) is 27.9. The molecule has 11 rings (SSSR count). The van der Waals surface area contributed by atoms with Crippen molar-refractivity contribution in [1.82, 2.24) is 34.4 Å². The molecule has 19 nitrogen and oxygen atoms in total. The molecule has 462 valence electrons. The van der Waals surface area contributed by atoms with Crippen molar-refractivity contribution >= 4 is 91.7 Å². The van der Waals surface area contributed by atoms with E-state index >= 15 is 0 Å². The molecular weight excluding hydrogens is 1150 g/mol. The fourth-order valence-electron chi connectivity index (χ4n) is 10.1. The van der Waals surface area contributed by atoms with E-state index in [1.165, 1.54) is 0 Å². The Morgan fingerprint density at radius 3 is 1.31 bits per heavy atom. The molecule has 10 aromatic rings. The summed E-state index contributed by atoms with van der Waals surface area (Å²) in [6, 6.07) is 49.1. The third-order valence-electron chi connectivity index (χ3n) is 14.9. The van der Waals surface area contributed by atoms with Gasteiger partial charge in [0.15, 0.2) is 0 Å². The maximum atomic E-state index is 13.4. The number of fused-ring (bicyclic) bond motifs is 2. The van der Waals surface area contributed by atoms with E-state index in [4.69, 9.17) is 31.3 Å². The molecule has 0 atom stereocenters. The molecule has 6 N–H and O–H groups in total. The Bertz CT molecular complexity index is 4200. The van der Waals surface area contributed by atoms with Gasteiger partial charge in [-0.1, -0.05) is 125 Å². The van der Waals surface area contributed by atoms with E-state index in [1.54, 1.807) is 27.8 Å². The quantitative estimate of drug-likeness (QED) is 0.0470. The summed E-state index contributed by atoms with van der Waals surface area (Å²) in [7, 11) is 0. The highest BCUT2D eigenvalue weighted by molar-refractivity contribution is 6.29. The van der Waals surface area contributed by atoms with Crippen molar-refractivity contribution in [2.24, 2.45) is 0 Å². The van der Waals surface area contributed by atoms with Crippen LogP contribution in [-0.4, -0.2) is 83.8 Å². The number of benzene rings is 6. The van der Waals surface area contributed by atoms with Crippen molar-refractivity contribution in [3.63, 3.8) is 0 Å². The van der Waals surface area contributed by atoms with E-state index in [1.807, 2.05) is 166 Å². The molecule has 6 aromatic carbocycles. The van der Waals surface area contributed by atoms with Gasteiger partial charge >= 0.3 is 12.1 Å². The van der Waals surface area contributed by atoms with Gasteiger partial charge in [-0.15, -0.1) is 11.6 Å². The van der Waals surface area contributed by atoms with Gasteiger partial charge in [0.2, 0.25) is 11.8 Å². The minimum absolute atomic E-state index is 0.0650. The van der Waals surface area contributed by atoms with Crippen LogP contribution in [0.3, 0.4) is 0 Å². The topological polar surface area (TPSA) is 224 Å². The fraction of sp³-hybridized carbons (Fsp3) is 0.257. The van der Waals surface area contributed by atoms with Gasteiger partial charge in [-0.25, -0.2) is 28.9 Å². The molecule has 6 amide bonds. The molecule has 5 heterocycles. The van der Waals surface area contributed by atoms with Crippen LogP contribution >= 0.6 is 11.6 Å². The number of hydrogen-bond donors (Lipinski definition) is 6. The molecule has 20 heteroatoms. The number of carbonyl (C=O) groups is 4. The van der Waals surface area contributed by atoms with Crippen LogP contribution in [-0.2, 0) is 33.6 Å². The number of aromatic nitrogens is 6. The lowest BCUT2D eigenvalue weighted by Gasteiger charge is -2.15. The molecule has 0 saturated carbocycles. The summed E-state index contributed by atoms with van der Waals surface area (Å²) in [6.45, 7) is 19.4. The average Bonchev–Trinajstić information content (AvgIpc) is 1.73. The van der Waals surface area contributed by atoms with Crippen LogP contribution in [0.1, 0.15) is 88.0 Å². The summed E-state index contributed by atoms with van der Waals surface area (Å²) < 4.78 is 15.9. The summed E-state index contributed by atoms with van der Waals surface area (Å²) in [5, 5.41) is 30.5. The maximum absolute atomic E-state index is 13.4. The molecule has 0 aliphatic carbocycles. The largest absolute Gasteiger partial charge is 0.488 e. The molecule has 0 unspecified atom stereocenters. The lowest BCUT2D eigenvalue weighted by atomic mass is 9.92. The monoisotopic (exact) mass is 1230 g/mol. The van der Waals surface area contributed by atoms with E-state index in [9.17, 15) is 19.2 Å². The molecule has 4 aromatic heterocycles. The van der Waals surface area contributed by atoms with E-state index in [-0.39, 0.29) is 47.8 Å². The van der Waals surface area contributed by atoms with Crippen LogP contribution in [0.25, 0.3) is 32.9 Å². The number of ether oxygens (including phenoxy) is 2. The number of nitrogens with one attached hydrogen (secondary N) is 6. The number of nitrogens with zero attached hydrogens (tertiary/aromatic N) is 7. The molecule has 1 aliphatic heterocycles. The number of urea groups is 2. The number of rotatable bonds is 17. The Morgan fingerprint density at radius 2 is 0.900 bits per heavy atom. The van der Waals surface area contributed by atoms with E-state index in [0.29, 0.717) is 52.7 Å². The molecular formula is C70H74ClN13O6. The third-order valence-corrected chi connectivity index (χ3v) is 15.2. The average molecular weight is 1230 g/mol. The van der Waals surface area contributed by atoms with Gasteiger partial charge in [0.25, 0.3) is 0 Å². The molecule has 1 saturated heterocycles. The van der Waals surface area contributed by atoms with Crippen LogP contribution in [0.2, 0.25) is 0 Å². The van der Waals surface area contributed by atoms with Crippen LogP contribution < -0.4 is 41.4 Å². The molecule has 1 fully saturated rings. The summed E-state index contributed by atoms with van der Waals surface area (Å²) in [4.78, 5) is 61.4. The van der Waals surface area contributed by atoms with Gasteiger partial charge in [-0.2, -0.15) is 10.2 Å². The van der Waals surface area contributed by atoms with Gasteiger partial charge in [0.05, 0.1) is 40.7 Å². The van der Waals surface area contributed by atoms with Crippen LogP contribution in [0, 0.1) is 13.8 Å². The minimum atomic E-state index is -0.393. The summed E-state index contributed by atoms with van der Waals surface area (Å²) in [5.41, 5.74) is 8.30. The SMILES string of the molecule is Cc1ccc(-n2nc(C(C)(C)C)cc2NC(=O)Nc2ccc(OCc3ccnc(NC(=O)CCl)c3)c3ccccc23)cc1.Cc1ccc(-n2nc(C(C)(C)C)cc2NC(=O)Nc2ccc(OCc3ccnc(NC(=O)CN4CCCC4)c3)c3ccccc23)cc1. The number of amides is 6. The van der Waals surface area contributed by atoms with Crippen LogP contribution in [0.15, 0.2) is 170 Å². The van der Waals surface area contributed by atoms with Crippen molar-refractivity contribution < 1.29 is 28.7 Å². The van der Waals surface area contributed by atoms with Gasteiger partial charge < -0.3 is 30.7 Å². The molecule has 1 aliphatic rings. The van der Waals surface area contributed by atoms with Crippen LogP contribution in [0.4, 0.5) is 44.2 Å². The number of pyridine rings is 2. The first kappa shape index (κ1) is 62.9. The Labute approximate surface area is 528 Å². The smallest absolute Gasteiger partial charge is 0.324 e. The van der Waals surface area contributed by atoms with Crippen molar-refractivity contribution in [3.05, 3.63) is 204 Å². The predicted octanol–water partition coefficient (Wildman–Crippen LogP) is 14.7. The fourth-order valence-corrected chi connectivity index (χ4v) is 10.1. The summed E-state index contributed by atoms with van der Waals surface area (Å²) in [5.74, 6) is 2.82. The second-order valence-electron chi connectivity index (χ2n) is 24.2. The summed E-state index contributed by atoms with van der Waals surface area (Å²) >= 11 is 5.58. The highest BCUT2D eigenvalue weighted by Crippen LogP contribution is 2.35. The molecule has 0 spiro atoms. The first-order chi connectivity index (χ1) is 43.2. The summed E-state index contributed by atoms with van der Waals surface area (Å²) in [6.07, 6.45) is 5.54. The molecule has 0 bridgehead atoms. The lowest BCUT2D eigenvalue weighted by molar-refractivity contribution is -0.117. The van der Waals surface area contributed by atoms with Crippen molar-refractivity contribution in [2.75, 3.05) is 57.4 Å². The Hall–Kier alpha value is -10.1. The van der Waals surface area contributed by atoms with Gasteiger partial charge in [-0.3, -0.25) is 25.1 Å².